The first kappa shape index (κ1) is 10.5. The van der Waals surface area contributed by atoms with Crippen LogP contribution in [-0.2, 0) is 4.79 Å². The largest absolute Gasteiger partial charge is 0.302 e. The summed E-state index contributed by atoms with van der Waals surface area (Å²) in [5.41, 5.74) is 0. The number of thiazole rings is 1. The lowest BCUT2D eigenvalue weighted by molar-refractivity contribution is -0.115. The van der Waals surface area contributed by atoms with Crippen LogP contribution in [0.3, 0.4) is 0 Å². The number of hydrogen-bond acceptors (Lipinski definition) is 4. The molecule has 0 unspecified atom stereocenters. The van der Waals surface area contributed by atoms with Crippen molar-refractivity contribution in [3.8, 4) is 0 Å². The summed E-state index contributed by atoms with van der Waals surface area (Å²) in [6.07, 6.45) is 4.30. The normalized spacial score (nSPS) is 10.0. The third-order valence-corrected chi connectivity index (χ3v) is 2.84. The zero-order valence-corrected chi connectivity index (χ0v) is 9.30. The van der Waals surface area contributed by atoms with Gasteiger partial charge in [-0.1, -0.05) is 0 Å². The Morgan fingerprint density at radius 2 is 2.54 bits per heavy atom. The van der Waals surface area contributed by atoms with Gasteiger partial charge in [-0.3, -0.25) is 4.79 Å². The quantitative estimate of drug-likeness (QED) is 0.838. The second-order valence-corrected chi connectivity index (χ2v) is 4.79. The number of rotatable bonds is 4. The highest BCUT2D eigenvalue weighted by molar-refractivity contribution is 7.98. The van der Waals surface area contributed by atoms with Crippen molar-refractivity contribution >= 4 is 34.1 Å². The van der Waals surface area contributed by atoms with E-state index < -0.39 is 0 Å². The van der Waals surface area contributed by atoms with Gasteiger partial charge >= 0.3 is 0 Å². The number of amides is 1. The molecule has 72 valence electrons. The van der Waals surface area contributed by atoms with Crippen molar-refractivity contribution in [3.05, 3.63) is 11.1 Å². The van der Waals surface area contributed by atoms with Crippen molar-refractivity contribution in [2.45, 2.75) is 13.3 Å². The molecule has 5 heteroatoms. The predicted octanol–water partition coefficient (Wildman–Crippen LogP) is 2.14. The molecule has 1 aromatic heterocycles. The molecule has 1 heterocycles. The Hall–Kier alpha value is -0.550. The maximum absolute atomic E-state index is 11.2. The van der Waals surface area contributed by atoms with Gasteiger partial charge in [0.05, 0.1) is 0 Å². The van der Waals surface area contributed by atoms with Gasteiger partial charge in [-0.15, -0.1) is 11.3 Å². The molecule has 0 aliphatic rings. The van der Waals surface area contributed by atoms with Gasteiger partial charge in [0.2, 0.25) is 5.91 Å². The van der Waals surface area contributed by atoms with Crippen LogP contribution in [-0.4, -0.2) is 22.9 Å². The zero-order chi connectivity index (χ0) is 9.68. The fourth-order valence-corrected chi connectivity index (χ4v) is 1.86. The third kappa shape index (κ3) is 3.78. The van der Waals surface area contributed by atoms with E-state index in [1.165, 1.54) is 11.3 Å². The molecule has 3 nitrogen and oxygen atoms in total. The highest BCUT2D eigenvalue weighted by Crippen LogP contribution is 2.16. The molecule has 0 radical (unpaired) electrons. The minimum absolute atomic E-state index is 0.0451. The predicted molar refractivity (Wildman–Crippen MR) is 58.5 cm³/mol. The van der Waals surface area contributed by atoms with Gasteiger partial charge in [-0.2, -0.15) is 11.8 Å². The van der Waals surface area contributed by atoms with Crippen molar-refractivity contribution in [3.63, 3.8) is 0 Å². The molecule has 0 aliphatic carbocycles. The Morgan fingerprint density at radius 3 is 3.08 bits per heavy atom. The summed E-state index contributed by atoms with van der Waals surface area (Å²) in [6, 6.07) is 0. The van der Waals surface area contributed by atoms with Crippen LogP contribution >= 0.6 is 23.1 Å². The monoisotopic (exact) mass is 216 g/mol. The van der Waals surface area contributed by atoms with Gasteiger partial charge in [-0.25, -0.2) is 4.98 Å². The van der Waals surface area contributed by atoms with Gasteiger partial charge in [0.25, 0.3) is 0 Å². The van der Waals surface area contributed by atoms with E-state index in [4.69, 9.17) is 0 Å². The summed E-state index contributed by atoms with van der Waals surface area (Å²) in [4.78, 5) is 16.4. The molecule has 1 aromatic rings. The van der Waals surface area contributed by atoms with Gasteiger partial charge in [0, 0.05) is 23.2 Å². The lowest BCUT2D eigenvalue weighted by Gasteiger charge is -1.98. The van der Waals surface area contributed by atoms with E-state index >= 15 is 0 Å². The Kier molecular flexibility index (Phi) is 4.24. The van der Waals surface area contributed by atoms with Crippen molar-refractivity contribution in [2.24, 2.45) is 0 Å². The number of hydrogen-bond donors (Lipinski definition) is 1. The fourth-order valence-electron chi connectivity index (χ4n) is 0.789. The smallest absolute Gasteiger partial charge is 0.226 e. The molecule has 0 aromatic carbocycles. The number of anilines is 1. The summed E-state index contributed by atoms with van der Waals surface area (Å²) in [5.74, 6) is 0.902. The Morgan fingerprint density at radius 1 is 1.77 bits per heavy atom. The van der Waals surface area contributed by atoms with Crippen LogP contribution in [0, 0.1) is 6.92 Å². The number of aromatic nitrogens is 1. The average Bonchev–Trinajstić information content (AvgIpc) is 2.48. The molecule has 13 heavy (non-hydrogen) atoms. The van der Waals surface area contributed by atoms with E-state index in [0.29, 0.717) is 11.6 Å². The van der Waals surface area contributed by atoms with Crippen molar-refractivity contribution in [1.82, 2.24) is 4.98 Å². The minimum Gasteiger partial charge on any atom is -0.302 e. The molecule has 1 N–H and O–H groups in total. The number of nitrogens with one attached hydrogen (secondary N) is 1. The van der Waals surface area contributed by atoms with Crippen LogP contribution in [0.4, 0.5) is 5.13 Å². The Labute approximate surface area is 86.0 Å². The summed E-state index contributed by atoms with van der Waals surface area (Å²) in [5, 5.41) is 3.45. The van der Waals surface area contributed by atoms with Crippen LogP contribution in [0.1, 0.15) is 11.3 Å². The zero-order valence-electron chi connectivity index (χ0n) is 7.66. The summed E-state index contributed by atoms with van der Waals surface area (Å²) < 4.78 is 0. The average molecular weight is 216 g/mol. The molecule has 0 atom stereocenters. The molecule has 0 fully saturated rings. The molecular weight excluding hydrogens is 204 g/mol. The topological polar surface area (TPSA) is 42.0 Å². The minimum atomic E-state index is 0.0451. The molecule has 0 aliphatic heterocycles. The van der Waals surface area contributed by atoms with Crippen LogP contribution in [0.15, 0.2) is 6.20 Å². The van der Waals surface area contributed by atoms with Crippen LogP contribution in [0.5, 0.6) is 0 Å². The second-order valence-electron chi connectivity index (χ2n) is 2.57. The molecule has 0 bridgehead atoms. The van der Waals surface area contributed by atoms with Gasteiger partial charge in [0.15, 0.2) is 5.13 Å². The summed E-state index contributed by atoms with van der Waals surface area (Å²) >= 11 is 3.17. The molecule has 1 amide bonds. The van der Waals surface area contributed by atoms with E-state index in [-0.39, 0.29) is 5.91 Å². The molecule has 0 spiro atoms. The summed E-state index contributed by atoms with van der Waals surface area (Å²) in [6.45, 7) is 1.97. The standard InChI is InChI=1S/C8H12N2OS2/c1-6-5-9-8(13-6)10-7(11)3-4-12-2/h5H,3-4H2,1-2H3,(H,9,10,11). The van der Waals surface area contributed by atoms with E-state index in [1.54, 1.807) is 18.0 Å². The van der Waals surface area contributed by atoms with Gasteiger partial charge in [-0.05, 0) is 13.2 Å². The number of carbonyl (C=O) groups is 1. The van der Waals surface area contributed by atoms with Crippen LogP contribution < -0.4 is 5.32 Å². The summed E-state index contributed by atoms with van der Waals surface area (Å²) in [7, 11) is 0. The molecule has 0 saturated heterocycles. The van der Waals surface area contributed by atoms with E-state index in [9.17, 15) is 4.79 Å². The lowest BCUT2D eigenvalue weighted by Crippen LogP contribution is -2.11. The lowest BCUT2D eigenvalue weighted by atomic mass is 10.5. The first-order chi connectivity index (χ1) is 6.22. The second kappa shape index (κ2) is 5.24. The Bertz CT molecular complexity index is 285. The first-order valence-electron chi connectivity index (χ1n) is 3.93. The van der Waals surface area contributed by atoms with Gasteiger partial charge in [0.1, 0.15) is 0 Å². The molecule has 1 rings (SSSR count). The van der Waals surface area contributed by atoms with Crippen molar-refractivity contribution < 1.29 is 4.79 Å². The maximum Gasteiger partial charge on any atom is 0.226 e. The molecular formula is C8H12N2OS2. The van der Waals surface area contributed by atoms with Crippen molar-refractivity contribution in [2.75, 3.05) is 17.3 Å². The number of nitrogens with zero attached hydrogens (tertiary/aromatic N) is 1. The number of aryl methyl sites for hydroxylation is 1. The van der Waals surface area contributed by atoms with Crippen LogP contribution in [0.2, 0.25) is 0 Å². The number of thioether (sulfide) groups is 1. The Balaban J connectivity index is 2.36. The van der Waals surface area contributed by atoms with Crippen molar-refractivity contribution in [1.29, 1.82) is 0 Å². The third-order valence-electron chi connectivity index (χ3n) is 1.40. The number of carbonyl (C=O) groups excluding carboxylic acids is 1. The highest BCUT2D eigenvalue weighted by Gasteiger charge is 2.03. The molecule has 0 saturated carbocycles. The van der Waals surface area contributed by atoms with E-state index in [0.717, 1.165) is 10.6 Å². The van der Waals surface area contributed by atoms with E-state index in [2.05, 4.69) is 10.3 Å². The van der Waals surface area contributed by atoms with E-state index in [1.807, 2.05) is 13.2 Å². The maximum atomic E-state index is 11.2. The van der Waals surface area contributed by atoms with Gasteiger partial charge < -0.3 is 5.32 Å². The highest BCUT2D eigenvalue weighted by atomic mass is 32.2. The van der Waals surface area contributed by atoms with Crippen LogP contribution in [0.25, 0.3) is 0 Å². The first-order valence-corrected chi connectivity index (χ1v) is 6.14. The SMILES string of the molecule is CSCCC(=O)Nc1ncc(C)s1. The fraction of sp³-hybridized carbons (Fsp3) is 0.500.